The van der Waals surface area contributed by atoms with Gasteiger partial charge in [-0.1, -0.05) is 23.2 Å². The van der Waals surface area contributed by atoms with Crippen molar-refractivity contribution >= 4 is 46.4 Å². The topological polar surface area (TPSA) is 62.7 Å². The number of halogens is 2. The number of amides is 2. The minimum absolute atomic E-state index is 0.0652. The lowest BCUT2D eigenvalue weighted by Gasteiger charge is -2.35. The van der Waals surface area contributed by atoms with E-state index in [9.17, 15) is 9.59 Å². The molecule has 4 rings (SSSR count). The van der Waals surface area contributed by atoms with Gasteiger partial charge < -0.3 is 14.5 Å². The van der Waals surface area contributed by atoms with Crippen molar-refractivity contribution in [1.82, 2.24) is 14.8 Å². The molecule has 0 unspecified atom stereocenters. The van der Waals surface area contributed by atoms with Gasteiger partial charge in [0.25, 0.3) is 11.8 Å². The highest BCUT2D eigenvalue weighted by molar-refractivity contribution is 7.09. The fourth-order valence-corrected chi connectivity index (χ4v) is 4.60. The van der Waals surface area contributed by atoms with E-state index < -0.39 is 0 Å². The van der Waals surface area contributed by atoms with Gasteiger partial charge in [-0.2, -0.15) is 0 Å². The zero-order valence-electron chi connectivity index (χ0n) is 17.4. The predicted molar refractivity (Wildman–Crippen MR) is 126 cm³/mol. The number of piperazine rings is 1. The van der Waals surface area contributed by atoms with E-state index in [1.807, 2.05) is 12.3 Å². The molecule has 0 spiro atoms. The molecule has 1 aliphatic heterocycles. The van der Waals surface area contributed by atoms with Crippen molar-refractivity contribution in [1.29, 1.82) is 0 Å². The molecule has 2 amide bonds. The van der Waals surface area contributed by atoms with Crippen LogP contribution in [-0.4, -0.2) is 52.8 Å². The maximum atomic E-state index is 12.9. The van der Waals surface area contributed by atoms with Crippen LogP contribution in [0, 0.1) is 6.92 Å². The summed E-state index contributed by atoms with van der Waals surface area (Å²) in [5.41, 5.74) is 1.93. The number of nitrogens with zero attached hydrogens (tertiary/aromatic N) is 3. The van der Waals surface area contributed by atoms with Gasteiger partial charge in [-0.05, 0) is 49.4 Å². The Balaban J connectivity index is 1.31. The largest absolute Gasteiger partial charge is 0.487 e. The molecule has 3 aromatic rings. The highest BCUT2D eigenvalue weighted by Crippen LogP contribution is 2.21. The number of ether oxygens (including phenoxy) is 1. The number of aryl methyl sites for hydroxylation is 1. The van der Waals surface area contributed by atoms with Crippen LogP contribution < -0.4 is 4.74 Å². The minimum Gasteiger partial charge on any atom is -0.487 e. The van der Waals surface area contributed by atoms with Crippen LogP contribution in [0.15, 0.2) is 47.8 Å². The second kappa shape index (κ2) is 9.90. The smallest absolute Gasteiger partial charge is 0.254 e. The first-order valence-electron chi connectivity index (χ1n) is 10.1. The second-order valence-corrected chi connectivity index (χ2v) is 9.35. The lowest BCUT2D eigenvalue weighted by atomic mass is 10.1. The van der Waals surface area contributed by atoms with Crippen molar-refractivity contribution in [2.24, 2.45) is 0 Å². The van der Waals surface area contributed by atoms with E-state index in [0.29, 0.717) is 59.7 Å². The van der Waals surface area contributed by atoms with Gasteiger partial charge in [0.15, 0.2) is 0 Å². The van der Waals surface area contributed by atoms with E-state index in [-0.39, 0.29) is 11.8 Å². The number of carbonyl (C=O) groups excluding carboxylic acids is 2. The number of hydrogen-bond donors (Lipinski definition) is 0. The first-order valence-corrected chi connectivity index (χ1v) is 11.7. The maximum absolute atomic E-state index is 12.9. The van der Waals surface area contributed by atoms with E-state index >= 15 is 0 Å². The molecule has 0 radical (unpaired) electrons. The lowest BCUT2D eigenvalue weighted by Crippen LogP contribution is -2.50. The Morgan fingerprint density at radius 3 is 2.03 bits per heavy atom. The fraction of sp³-hybridized carbons (Fsp3) is 0.261. The van der Waals surface area contributed by atoms with Gasteiger partial charge in [0.2, 0.25) is 0 Å². The van der Waals surface area contributed by atoms with Crippen molar-refractivity contribution < 1.29 is 14.3 Å². The number of benzene rings is 2. The third-order valence-electron chi connectivity index (χ3n) is 5.12. The molecule has 0 atom stereocenters. The van der Waals surface area contributed by atoms with Crippen LogP contribution in [0.5, 0.6) is 5.75 Å². The summed E-state index contributed by atoms with van der Waals surface area (Å²) in [7, 11) is 0. The zero-order chi connectivity index (χ0) is 22.7. The molecule has 0 saturated carbocycles. The van der Waals surface area contributed by atoms with Crippen LogP contribution in [0.1, 0.15) is 31.4 Å². The summed E-state index contributed by atoms with van der Waals surface area (Å²) in [5.74, 6) is 0.477. The summed E-state index contributed by atoms with van der Waals surface area (Å²) in [6.07, 6.45) is 0. The number of rotatable bonds is 5. The van der Waals surface area contributed by atoms with E-state index in [0.717, 1.165) is 10.7 Å². The van der Waals surface area contributed by atoms with Crippen molar-refractivity contribution in [3.63, 3.8) is 0 Å². The normalized spacial score (nSPS) is 13.8. The third-order valence-corrected chi connectivity index (χ3v) is 6.38. The summed E-state index contributed by atoms with van der Waals surface area (Å²) in [5, 5.41) is 3.81. The summed E-state index contributed by atoms with van der Waals surface area (Å²) in [6, 6.07) is 11.9. The molecule has 0 N–H and O–H groups in total. The molecule has 0 aliphatic carbocycles. The molecule has 1 aromatic heterocycles. The monoisotopic (exact) mass is 489 g/mol. The van der Waals surface area contributed by atoms with Crippen molar-refractivity contribution in [2.45, 2.75) is 13.5 Å². The SMILES string of the molecule is Cc1nc(COc2ccc(C(=O)N3CCN(C(=O)c4cc(Cl)cc(Cl)c4)CC3)cc2)cs1. The standard InChI is InChI=1S/C23H21Cl2N3O3S/c1-15-26-20(14-32-15)13-31-21-4-2-16(3-5-21)22(29)27-6-8-28(9-7-27)23(30)17-10-18(24)12-19(25)11-17/h2-5,10-12,14H,6-9,13H2,1H3. The first-order chi connectivity index (χ1) is 15.4. The molecule has 1 aliphatic rings. The van der Waals surface area contributed by atoms with Gasteiger partial charge in [0.1, 0.15) is 12.4 Å². The van der Waals surface area contributed by atoms with E-state index in [4.69, 9.17) is 27.9 Å². The first kappa shape index (κ1) is 22.6. The molecule has 9 heteroatoms. The molecular formula is C23H21Cl2N3O3S. The highest BCUT2D eigenvalue weighted by atomic mass is 35.5. The van der Waals surface area contributed by atoms with E-state index in [2.05, 4.69) is 4.98 Å². The Kier molecular flexibility index (Phi) is 6.98. The Bertz CT molecular complexity index is 1110. The molecule has 1 saturated heterocycles. The van der Waals surface area contributed by atoms with Gasteiger partial charge in [0.05, 0.1) is 10.7 Å². The highest BCUT2D eigenvalue weighted by Gasteiger charge is 2.26. The van der Waals surface area contributed by atoms with Gasteiger partial charge in [0, 0.05) is 52.7 Å². The lowest BCUT2D eigenvalue weighted by molar-refractivity contribution is 0.0535. The van der Waals surface area contributed by atoms with Gasteiger partial charge in [-0.15, -0.1) is 11.3 Å². The van der Waals surface area contributed by atoms with E-state index in [1.54, 1.807) is 63.6 Å². The van der Waals surface area contributed by atoms with Crippen molar-refractivity contribution in [2.75, 3.05) is 26.2 Å². The van der Waals surface area contributed by atoms with Crippen LogP contribution >= 0.6 is 34.5 Å². The Hall–Kier alpha value is -2.61. The Morgan fingerprint density at radius 1 is 0.938 bits per heavy atom. The fourth-order valence-electron chi connectivity index (χ4n) is 3.48. The number of hydrogen-bond acceptors (Lipinski definition) is 5. The predicted octanol–water partition coefficient (Wildman–Crippen LogP) is 4.94. The van der Waals surface area contributed by atoms with Crippen molar-refractivity contribution in [3.8, 4) is 5.75 Å². The van der Waals surface area contributed by atoms with Gasteiger partial charge in [-0.3, -0.25) is 9.59 Å². The van der Waals surface area contributed by atoms with Crippen molar-refractivity contribution in [3.05, 3.63) is 79.7 Å². The van der Waals surface area contributed by atoms with Crippen LogP contribution in [0.2, 0.25) is 10.0 Å². The molecule has 6 nitrogen and oxygen atoms in total. The number of carbonyl (C=O) groups is 2. The molecule has 166 valence electrons. The summed E-state index contributed by atoms with van der Waals surface area (Å²) in [4.78, 5) is 33.4. The quantitative estimate of drug-likeness (QED) is 0.509. The second-order valence-electron chi connectivity index (χ2n) is 7.41. The minimum atomic E-state index is -0.140. The molecular weight excluding hydrogens is 469 g/mol. The van der Waals surface area contributed by atoms with Crippen LogP contribution in [0.4, 0.5) is 0 Å². The Morgan fingerprint density at radius 2 is 1.50 bits per heavy atom. The van der Waals surface area contributed by atoms with Crippen LogP contribution in [0.3, 0.4) is 0 Å². The average molecular weight is 490 g/mol. The van der Waals surface area contributed by atoms with Crippen LogP contribution in [0.25, 0.3) is 0 Å². The van der Waals surface area contributed by atoms with Crippen LogP contribution in [-0.2, 0) is 6.61 Å². The molecule has 2 heterocycles. The maximum Gasteiger partial charge on any atom is 0.254 e. The number of thiazole rings is 1. The Labute approximate surface area is 200 Å². The zero-order valence-corrected chi connectivity index (χ0v) is 19.7. The average Bonchev–Trinajstić information content (AvgIpc) is 3.21. The molecule has 2 aromatic carbocycles. The summed E-state index contributed by atoms with van der Waals surface area (Å²) in [6.45, 7) is 4.16. The molecule has 0 bridgehead atoms. The molecule has 32 heavy (non-hydrogen) atoms. The van der Waals surface area contributed by atoms with Gasteiger partial charge >= 0.3 is 0 Å². The van der Waals surface area contributed by atoms with E-state index in [1.165, 1.54) is 0 Å². The summed E-state index contributed by atoms with van der Waals surface area (Å²) >= 11 is 13.6. The summed E-state index contributed by atoms with van der Waals surface area (Å²) < 4.78 is 5.74. The molecule has 1 fully saturated rings. The third kappa shape index (κ3) is 5.41. The van der Waals surface area contributed by atoms with Gasteiger partial charge in [-0.25, -0.2) is 4.98 Å². The number of aromatic nitrogens is 1.